The molecule has 0 radical (unpaired) electrons. The number of nitrogens with zero attached hydrogens (tertiary/aromatic N) is 4. The maximum atomic E-state index is 13.3. The molecule has 1 aliphatic rings. The molecular weight excluding hydrogens is 357 g/mol. The Labute approximate surface area is 165 Å². The van der Waals surface area contributed by atoms with Crippen molar-refractivity contribution in [2.45, 2.75) is 33.7 Å². The Kier molecular flexibility index (Phi) is 6.34. The Hall–Kier alpha value is -2.83. The quantitative estimate of drug-likeness (QED) is 0.800. The third-order valence-corrected chi connectivity index (χ3v) is 4.90. The van der Waals surface area contributed by atoms with E-state index < -0.39 is 0 Å². The molecule has 2 aromatic heterocycles. The monoisotopic (exact) mass is 385 g/mol. The van der Waals surface area contributed by atoms with Gasteiger partial charge in [0.15, 0.2) is 0 Å². The summed E-state index contributed by atoms with van der Waals surface area (Å²) in [6.45, 7) is 8.54. The standard InChI is InChI=1S/C21H28FN5O/c1-4-6-18(13-16(2)22)25-9-11-26(12-10-25)21(28)24-15-19-7-5-8-20-23-14-17(3)27(19)20/h5-8,13-14H,4,9-12,15H2,1-3H3,(H,24,28)/b16-13+,18-6+. The van der Waals surface area contributed by atoms with Gasteiger partial charge >= 0.3 is 6.03 Å². The number of nitrogens with one attached hydrogen (secondary N) is 1. The first-order chi connectivity index (χ1) is 13.5. The van der Waals surface area contributed by atoms with E-state index in [9.17, 15) is 9.18 Å². The lowest BCUT2D eigenvalue weighted by Crippen LogP contribution is -2.51. The van der Waals surface area contributed by atoms with Crippen LogP contribution in [0, 0.1) is 6.92 Å². The van der Waals surface area contributed by atoms with Crippen LogP contribution in [0.1, 0.15) is 31.7 Å². The number of pyridine rings is 1. The van der Waals surface area contributed by atoms with Crippen molar-refractivity contribution in [2.24, 2.45) is 0 Å². The Bertz CT molecular complexity index is 889. The molecular formula is C21H28FN5O. The molecule has 0 aromatic carbocycles. The van der Waals surface area contributed by atoms with Gasteiger partial charge in [-0.15, -0.1) is 0 Å². The summed E-state index contributed by atoms with van der Waals surface area (Å²) in [5.41, 5.74) is 3.81. The van der Waals surface area contributed by atoms with Crippen LogP contribution in [0.15, 0.2) is 48.1 Å². The number of carbonyl (C=O) groups excluding carboxylic acids is 1. The second kappa shape index (κ2) is 8.91. The van der Waals surface area contributed by atoms with Gasteiger partial charge in [0, 0.05) is 49.5 Å². The fourth-order valence-corrected chi connectivity index (χ4v) is 3.54. The summed E-state index contributed by atoms with van der Waals surface area (Å²) in [5.74, 6) is -0.205. The number of fused-ring (bicyclic) bond motifs is 1. The van der Waals surface area contributed by atoms with Crippen molar-refractivity contribution in [2.75, 3.05) is 26.2 Å². The molecule has 7 heteroatoms. The van der Waals surface area contributed by atoms with E-state index in [0.29, 0.717) is 32.7 Å². The minimum Gasteiger partial charge on any atom is -0.368 e. The van der Waals surface area contributed by atoms with Crippen LogP contribution in [0.5, 0.6) is 0 Å². The number of urea groups is 1. The van der Waals surface area contributed by atoms with Crippen LogP contribution in [0.4, 0.5) is 9.18 Å². The van der Waals surface area contributed by atoms with Gasteiger partial charge in [-0.05, 0) is 38.5 Å². The molecule has 0 unspecified atom stereocenters. The maximum Gasteiger partial charge on any atom is 0.317 e. The van der Waals surface area contributed by atoms with Crippen molar-refractivity contribution in [1.82, 2.24) is 24.5 Å². The van der Waals surface area contributed by atoms with Crippen LogP contribution in [-0.4, -0.2) is 51.4 Å². The van der Waals surface area contributed by atoms with Gasteiger partial charge in [0.1, 0.15) is 5.65 Å². The number of hydrogen-bond acceptors (Lipinski definition) is 3. The molecule has 3 heterocycles. The molecule has 0 saturated carbocycles. The highest BCUT2D eigenvalue weighted by Crippen LogP contribution is 2.15. The number of halogens is 1. The van der Waals surface area contributed by atoms with Crippen LogP contribution in [-0.2, 0) is 6.54 Å². The number of aryl methyl sites for hydroxylation is 1. The number of amides is 2. The van der Waals surface area contributed by atoms with Crippen molar-refractivity contribution in [3.63, 3.8) is 0 Å². The largest absolute Gasteiger partial charge is 0.368 e. The SMILES string of the molecule is CC/C=C(\C=C(/C)F)N1CCN(C(=O)NCc2cccc3ncc(C)n23)CC1. The van der Waals surface area contributed by atoms with E-state index in [1.54, 1.807) is 6.08 Å². The van der Waals surface area contributed by atoms with Gasteiger partial charge in [0.05, 0.1) is 12.4 Å². The van der Waals surface area contributed by atoms with Crippen LogP contribution in [0.2, 0.25) is 0 Å². The minimum atomic E-state index is -0.205. The number of aromatic nitrogens is 2. The minimum absolute atomic E-state index is 0.0762. The van der Waals surface area contributed by atoms with E-state index in [-0.39, 0.29) is 11.9 Å². The van der Waals surface area contributed by atoms with Crippen molar-refractivity contribution in [3.8, 4) is 0 Å². The number of allylic oxidation sites excluding steroid dienone is 3. The maximum absolute atomic E-state index is 13.3. The molecule has 1 aliphatic heterocycles. The normalized spacial score (nSPS) is 16.0. The van der Waals surface area contributed by atoms with Gasteiger partial charge in [-0.3, -0.25) is 4.40 Å². The van der Waals surface area contributed by atoms with Crippen LogP contribution in [0.3, 0.4) is 0 Å². The fraction of sp³-hybridized carbons (Fsp3) is 0.429. The Morgan fingerprint density at radius 3 is 2.64 bits per heavy atom. The van der Waals surface area contributed by atoms with Gasteiger partial charge in [-0.1, -0.05) is 19.1 Å². The molecule has 2 aromatic rings. The summed E-state index contributed by atoms with van der Waals surface area (Å²) >= 11 is 0. The third-order valence-electron chi connectivity index (χ3n) is 4.90. The van der Waals surface area contributed by atoms with Crippen LogP contribution in [0.25, 0.3) is 5.65 Å². The van der Waals surface area contributed by atoms with Crippen molar-refractivity contribution in [3.05, 3.63) is 59.5 Å². The highest BCUT2D eigenvalue weighted by Gasteiger charge is 2.22. The Morgan fingerprint density at radius 2 is 1.96 bits per heavy atom. The first-order valence-electron chi connectivity index (χ1n) is 9.73. The molecule has 150 valence electrons. The lowest BCUT2D eigenvalue weighted by atomic mass is 10.2. The molecule has 3 rings (SSSR count). The van der Waals surface area contributed by atoms with E-state index in [1.807, 2.05) is 53.6 Å². The van der Waals surface area contributed by atoms with E-state index in [4.69, 9.17) is 0 Å². The second-order valence-electron chi connectivity index (χ2n) is 7.01. The zero-order valence-electron chi connectivity index (χ0n) is 16.8. The number of carbonyl (C=O) groups is 1. The molecule has 6 nitrogen and oxygen atoms in total. The van der Waals surface area contributed by atoms with E-state index in [1.165, 1.54) is 6.92 Å². The van der Waals surface area contributed by atoms with E-state index in [2.05, 4.69) is 15.2 Å². The van der Waals surface area contributed by atoms with E-state index in [0.717, 1.165) is 29.2 Å². The Morgan fingerprint density at radius 1 is 1.25 bits per heavy atom. The zero-order chi connectivity index (χ0) is 20.1. The van der Waals surface area contributed by atoms with Crippen molar-refractivity contribution in [1.29, 1.82) is 0 Å². The first kappa shape index (κ1) is 19.9. The van der Waals surface area contributed by atoms with Crippen molar-refractivity contribution < 1.29 is 9.18 Å². The molecule has 1 saturated heterocycles. The van der Waals surface area contributed by atoms with Gasteiger partial charge in [0.2, 0.25) is 0 Å². The Balaban J connectivity index is 1.57. The second-order valence-corrected chi connectivity index (χ2v) is 7.01. The molecule has 2 amide bonds. The number of rotatable bonds is 5. The molecule has 0 spiro atoms. The summed E-state index contributed by atoms with van der Waals surface area (Å²) < 4.78 is 15.4. The summed E-state index contributed by atoms with van der Waals surface area (Å²) in [5, 5.41) is 3.01. The topological polar surface area (TPSA) is 52.9 Å². The number of piperazine rings is 1. The predicted molar refractivity (Wildman–Crippen MR) is 109 cm³/mol. The summed E-state index contributed by atoms with van der Waals surface area (Å²) in [6.07, 6.45) is 6.26. The average molecular weight is 385 g/mol. The molecule has 0 atom stereocenters. The zero-order valence-corrected chi connectivity index (χ0v) is 16.8. The molecule has 0 bridgehead atoms. The fourth-order valence-electron chi connectivity index (χ4n) is 3.54. The van der Waals surface area contributed by atoms with Gasteiger partial charge in [-0.2, -0.15) is 0 Å². The van der Waals surface area contributed by atoms with Gasteiger partial charge in [0.25, 0.3) is 0 Å². The van der Waals surface area contributed by atoms with Crippen LogP contribution < -0.4 is 5.32 Å². The van der Waals surface area contributed by atoms with Crippen molar-refractivity contribution >= 4 is 11.7 Å². The summed E-state index contributed by atoms with van der Waals surface area (Å²) in [4.78, 5) is 20.9. The molecule has 1 N–H and O–H groups in total. The highest BCUT2D eigenvalue weighted by atomic mass is 19.1. The predicted octanol–water partition coefficient (Wildman–Crippen LogP) is 3.64. The third kappa shape index (κ3) is 4.52. The van der Waals surface area contributed by atoms with Crippen LogP contribution >= 0.6 is 0 Å². The highest BCUT2D eigenvalue weighted by molar-refractivity contribution is 5.74. The molecule has 0 aliphatic carbocycles. The lowest BCUT2D eigenvalue weighted by molar-refractivity contribution is 0.158. The van der Waals surface area contributed by atoms with Gasteiger partial charge < -0.3 is 15.1 Å². The summed E-state index contributed by atoms with van der Waals surface area (Å²) in [6, 6.07) is 5.82. The average Bonchev–Trinajstić information content (AvgIpc) is 3.07. The van der Waals surface area contributed by atoms with Gasteiger partial charge in [-0.25, -0.2) is 14.2 Å². The number of imidazole rings is 1. The lowest BCUT2D eigenvalue weighted by Gasteiger charge is -2.36. The first-order valence-corrected chi connectivity index (χ1v) is 9.73. The molecule has 28 heavy (non-hydrogen) atoms. The van der Waals surface area contributed by atoms with E-state index >= 15 is 0 Å². The molecule has 1 fully saturated rings. The smallest absolute Gasteiger partial charge is 0.317 e. The number of hydrogen-bond donors (Lipinski definition) is 1. The summed E-state index contributed by atoms with van der Waals surface area (Å²) in [7, 11) is 0.